The topological polar surface area (TPSA) is 61.4 Å². The first-order valence-corrected chi connectivity index (χ1v) is 8.57. The van der Waals surface area contributed by atoms with Crippen molar-refractivity contribution in [3.05, 3.63) is 65.5 Å². The van der Waals surface area contributed by atoms with Gasteiger partial charge in [-0.05, 0) is 48.7 Å². The fraction of sp³-hybridized carbons (Fsp3) is 0.300. The molecule has 0 spiro atoms. The van der Waals surface area contributed by atoms with Crippen molar-refractivity contribution >= 4 is 17.5 Å². The zero-order valence-corrected chi connectivity index (χ0v) is 14.9. The van der Waals surface area contributed by atoms with Gasteiger partial charge in [0.1, 0.15) is 5.82 Å². The molecular formula is C20H22FN3O2. The van der Waals surface area contributed by atoms with Gasteiger partial charge in [-0.25, -0.2) is 4.39 Å². The van der Waals surface area contributed by atoms with Gasteiger partial charge in [-0.1, -0.05) is 24.6 Å². The number of benzene rings is 2. The third-order valence-corrected chi connectivity index (χ3v) is 4.93. The molecule has 1 aliphatic carbocycles. The van der Waals surface area contributed by atoms with E-state index in [4.69, 9.17) is 0 Å². The van der Waals surface area contributed by atoms with Gasteiger partial charge in [0.05, 0.1) is 5.41 Å². The molecule has 26 heavy (non-hydrogen) atoms. The van der Waals surface area contributed by atoms with Crippen molar-refractivity contribution in [1.82, 2.24) is 10.9 Å². The molecule has 0 saturated heterocycles. The minimum atomic E-state index is -0.777. The largest absolute Gasteiger partial charge is 0.378 e. The number of halogens is 1. The van der Waals surface area contributed by atoms with Crippen molar-refractivity contribution in [2.75, 3.05) is 19.0 Å². The number of nitrogens with zero attached hydrogens (tertiary/aromatic N) is 1. The molecule has 2 aromatic rings. The van der Waals surface area contributed by atoms with Crippen LogP contribution in [-0.4, -0.2) is 25.9 Å². The van der Waals surface area contributed by atoms with E-state index in [0.717, 1.165) is 12.1 Å². The summed E-state index contributed by atoms with van der Waals surface area (Å²) in [4.78, 5) is 26.9. The van der Waals surface area contributed by atoms with Crippen molar-refractivity contribution in [2.24, 2.45) is 0 Å². The highest BCUT2D eigenvalue weighted by molar-refractivity contribution is 5.97. The predicted octanol–water partition coefficient (Wildman–Crippen LogP) is 2.77. The van der Waals surface area contributed by atoms with Gasteiger partial charge in [0.2, 0.25) is 5.91 Å². The third kappa shape index (κ3) is 3.40. The molecule has 2 aromatic carbocycles. The Hall–Kier alpha value is -2.89. The molecule has 3 rings (SSSR count). The number of nitrogens with one attached hydrogen (secondary N) is 2. The maximum absolute atomic E-state index is 13.6. The number of amides is 2. The molecular weight excluding hydrogens is 333 g/mol. The van der Waals surface area contributed by atoms with Gasteiger partial charge in [-0.3, -0.25) is 20.4 Å². The van der Waals surface area contributed by atoms with E-state index < -0.39 is 11.3 Å². The molecule has 2 N–H and O–H groups in total. The van der Waals surface area contributed by atoms with E-state index in [1.54, 1.807) is 30.3 Å². The lowest BCUT2D eigenvalue weighted by atomic mass is 9.64. The highest BCUT2D eigenvalue weighted by atomic mass is 19.1. The second-order valence-corrected chi connectivity index (χ2v) is 6.80. The Morgan fingerprint density at radius 3 is 2.38 bits per heavy atom. The first kappa shape index (κ1) is 17.9. The maximum Gasteiger partial charge on any atom is 0.269 e. The van der Waals surface area contributed by atoms with Gasteiger partial charge >= 0.3 is 0 Å². The molecule has 0 heterocycles. The molecule has 5 nitrogen and oxygen atoms in total. The lowest BCUT2D eigenvalue weighted by Crippen LogP contribution is -2.54. The maximum atomic E-state index is 13.6. The minimum Gasteiger partial charge on any atom is -0.378 e. The molecule has 1 saturated carbocycles. The Morgan fingerprint density at radius 2 is 1.77 bits per heavy atom. The second-order valence-electron chi connectivity index (χ2n) is 6.80. The molecule has 0 unspecified atom stereocenters. The zero-order valence-electron chi connectivity index (χ0n) is 14.9. The first-order chi connectivity index (χ1) is 12.4. The van der Waals surface area contributed by atoms with Crippen LogP contribution in [0.25, 0.3) is 0 Å². The Bertz CT molecular complexity index is 831. The molecule has 136 valence electrons. The Balaban J connectivity index is 1.70. The number of hydrogen-bond donors (Lipinski definition) is 2. The van der Waals surface area contributed by atoms with Crippen molar-refractivity contribution in [3.63, 3.8) is 0 Å². The second kappa shape index (κ2) is 7.15. The van der Waals surface area contributed by atoms with Crippen LogP contribution in [0.5, 0.6) is 0 Å². The molecule has 0 aromatic heterocycles. The van der Waals surface area contributed by atoms with Crippen LogP contribution >= 0.6 is 0 Å². The van der Waals surface area contributed by atoms with E-state index in [-0.39, 0.29) is 11.7 Å². The molecule has 6 heteroatoms. The Labute approximate surface area is 152 Å². The van der Waals surface area contributed by atoms with Crippen molar-refractivity contribution in [1.29, 1.82) is 0 Å². The molecule has 0 aliphatic heterocycles. The predicted molar refractivity (Wildman–Crippen MR) is 98.3 cm³/mol. The van der Waals surface area contributed by atoms with Crippen molar-refractivity contribution in [3.8, 4) is 0 Å². The van der Waals surface area contributed by atoms with E-state index in [1.165, 1.54) is 12.1 Å². The van der Waals surface area contributed by atoms with Crippen molar-refractivity contribution < 1.29 is 14.0 Å². The van der Waals surface area contributed by atoms with Gasteiger partial charge in [0.15, 0.2) is 0 Å². The summed E-state index contributed by atoms with van der Waals surface area (Å²) < 4.78 is 13.6. The molecule has 1 fully saturated rings. The fourth-order valence-corrected chi connectivity index (χ4v) is 3.19. The number of hydrazine groups is 1. The smallest absolute Gasteiger partial charge is 0.269 e. The molecule has 0 atom stereocenters. The monoisotopic (exact) mass is 355 g/mol. The highest BCUT2D eigenvalue weighted by Gasteiger charge is 2.46. The average Bonchev–Trinajstić information content (AvgIpc) is 2.59. The third-order valence-electron chi connectivity index (χ3n) is 4.93. The zero-order chi connectivity index (χ0) is 18.7. The summed E-state index contributed by atoms with van der Waals surface area (Å²) in [7, 11) is 3.77. The standard InChI is InChI=1S/C20H22FN3O2/c1-24(2)17-9-3-6-14(12-17)18(25)22-23-19(26)20(10-5-11-20)15-7-4-8-16(21)13-15/h3-4,6-9,12-13H,5,10-11H2,1-2H3,(H,22,25)(H,23,26). The summed E-state index contributed by atoms with van der Waals surface area (Å²) in [6, 6.07) is 13.2. The Morgan fingerprint density at radius 1 is 1.04 bits per heavy atom. The normalized spacial score (nSPS) is 14.9. The van der Waals surface area contributed by atoms with E-state index in [1.807, 2.05) is 25.1 Å². The van der Waals surface area contributed by atoms with Crippen LogP contribution < -0.4 is 15.8 Å². The van der Waals surface area contributed by atoms with Gasteiger partial charge in [0.25, 0.3) is 5.91 Å². The van der Waals surface area contributed by atoms with Crippen LogP contribution in [0.2, 0.25) is 0 Å². The lowest BCUT2D eigenvalue weighted by molar-refractivity contribution is -0.130. The number of rotatable bonds is 4. The molecule has 2 amide bonds. The van der Waals surface area contributed by atoms with E-state index in [0.29, 0.717) is 24.0 Å². The SMILES string of the molecule is CN(C)c1cccc(C(=O)NNC(=O)C2(c3cccc(F)c3)CCC2)c1. The fourth-order valence-electron chi connectivity index (χ4n) is 3.19. The summed E-state index contributed by atoms with van der Waals surface area (Å²) in [5.41, 5.74) is 6.19. The molecule has 0 bridgehead atoms. The molecule has 1 aliphatic rings. The lowest BCUT2D eigenvalue weighted by Gasteiger charge is -2.40. The van der Waals surface area contributed by atoms with Crippen LogP contribution in [0.1, 0.15) is 35.2 Å². The van der Waals surface area contributed by atoms with Gasteiger partial charge < -0.3 is 4.90 Å². The Kier molecular flexibility index (Phi) is 4.93. The number of carbonyl (C=O) groups excluding carboxylic acids is 2. The van der Waals surface area contributed by atoms with Gasteiger partial charge in [0, 0.05) is 25.3 Å². The van der Waals surface area contributed by atoms with Crippen LogP contribution in [0.3, 0.4) is 0 Å². The van der Waals surface area contributed by atoms with E-state index in [2.05, 4.69) is 10.9 Å². The quantitative estimate of drug-likeness (QED) is 0.829. The number of carbonyl (C=O) groups is 2. The van der Waals surface area contributed by atoms with E-state index >= 15 is 0 Å². The van der Waals surface area contributed by atoms with E-state index in [9.17, 15) is 14.0 Å². The molecule has 0 radical (unpaired) electrons. The van der Waals surface area contributed by atoms with Crippen molar-refractivity contribution in [2.45, 2.75) is 24.7 Å². The summed E-state index contributed by atoms with van der Waals surface area (Å²) in [6.07, 6.45) is 2.16. The summed E-state index contributed by atoms with van der Waals surface area (Å²) in [6.45, 7) is 0. The van der Waals surface area contributed by atoms with Crippen LogP contribution in [0.15, 0.2) is 48.5 Å². The van der Waals surface area contributed by atoms with Gasteiger partial charge in [-0.15, -0.1) is 0 Å². The highest BCUT2D eigenvalue weighted by Crippen LogP contribution is 2.44. The summed E-state index contributed by atoms with van der Waals surface area (Å²) in [5, 5.41) is 0. The van der Waals surface area contributed by atoms with Crippen LogP contribution in [-0.2, 0) is 10.2 Å². The first-order valence-electron chi connectivity index (χ1n) is 8.57. The van der Waals surface area contributed by atoms with Crippen LogP contribution in [0, 0.1) is 5.82 Å². The number of hydrogen-bond acceptors (Lipinski definition) is 3. The van der Waals surface area contributed by atoms with Gasteiger partial charge in [-0.2, -0.15) is 0 Å². The minimum absolute atomic E-state index is 0.313. The summed E-state index contributed by atoms with van der Waals surface area (Å²) >= 11 is 0. The van der Waals surface area contributed by atoms with Crippen LogP contribution in [0.4, 0.5) is 10.1 Å². The average molecular weight is 355 g/mol. The number of anilines is 1. The summed E-state index contributed by atoms with van der Waals surface area (Å²) in [5.74, 6) is -1.08.